The van der Waals surface area contributed by atoms with Crippen LogP contribution in [0.25, 0.3) is 6.08 Å². The first-order chi connectivity index (χ1) is 13.6. The van der Waals surface area contributed by atoms with Gasteiger partial charge < -0.3 is 10.6 Å². The number of allylic oxidation sites excluding steroid dienone is 2. The summed E-state index contributed by atoms with van der Waals surface area (Å²) in [6, 6.07) is 19.1. The number of carbonyl (C=O) groups is 1. The molecule has 1 aromatic heterocycles. The monoisotopic (exact) mass is 371 g/mol. The smallest absolute Gasteiger partial charge is 0.255 e. The minimum atomic E-state index is -0.345. The molecule has 1 aliphatic heterocycles. The average molecular weight is 371 g/mol. The fourth-order valence-electron chi connectivity index (χ4n) is 3.42. The Labute approximate surface area is 163 Å². The van der Waals surface area contributed by atoms with Gasteiger partial charge in [-0.25, -0.2) is 4.68 Å². The molecule has 0 fully saturated rings. The van der Waals surface area contributed by atoms with Crippen molar-refractivity contribution in [1.82, 2.24) is 14.8 Å². The molecule has 0 spiro atoms. The van der Waals surface area contributed by atoms with E-state index in [-0.39, 0.29) is 11.9 Å². The van der Waals surface area contributed by atoms with Gasteiger partial charge in [0.1, 0.15) is 12.4 Å². The van der Waals surface area contributed by atoms with Gasteiger partial charge in [-0.1, -0.05) is 54.6 Å². The summed E-state index contributed by atoms with van der Waals surface area (Å²) in [5.74, 6) is 0.461. The van der Waals surface area contributed by atoms with Gasteiger partial charge in [0.2, 0.25) is 5.95 Å². The number of carbonyl (C=O) groups excluding carboxylic acids is 1. The van der Waals surface area contributed by atoms with Crippen molar-refractivity contribution in [3.05, 3.63) is 89.4 Å². The van der Waals surface area contributed by atoms with E-state index in [4.69, 9.17) is 0 Å². The zero-order chi connectivity index (χ0) is 19.5. The van der Waals surface area contributed by atoms with Crippen LogP contribution in [-0.2, 0) is 4.79 Å². The fraction of sp³-hybridized carbons (Fsp3) is 0.136. The Bertz CT molecular complexity index is 1050. The second-order valence-corrected chi connectivity index (χ2v) is 6.71. The van der Waals surface area contributed by atoms with Crippen LogP contribution >= 0.6 is 0 Å². The molecule has 0 radical (unpaired) electrons. The van der Waals surface area contributed by atoms with Crippen LogP contribution in [0, 0.1) is 0 Å². The quantitative estimate of drug-likeness (QED) is 0.719. The highest BCUT2D eigenvalue weighted by molar-refractivity contribution is 6.06. The molecule has 1 amide bonds. The third kappa shape index (κ3) is 3.44. The molecule has 4 rings (SSSR count). The van der Waals surface area contributed by atoms with Crippen molar-refractivity contribution in [2.75, 3.05) is 10.6 Å². The molecule has 0 saturated carbocycles. The van der Waals surface area contributed by atoms with Gasteiger partial charge in [0.05, 0.1) is 5.57 Å². The van der Waals surface area contributed by atoms with Crippen molar-refractivity contribution in [2.45, 2.75) is 19.9 Å². The van der Waals surface area contributed by atoms with E-state index in [1.807, 2.05) is 74.5 Å². The number of aromatic nitrogens is 3. The number of amides is 1. The molecule has 1 aliphatic rings. The van der Waals surface area contributed by atoms with E-state index in [1.165, 1.54) is 6.33 Å². The number of benzene rings is 2. The maximum Gasteiger partial charge on any atom is 0.255 e. The molecule has 0 saturated heterocycles. The van der Waals surface area contributed by atoms with Crippen molar-refractivity contribution >= 4 is 23.6 Å². The van der Waals surface area contributed by atoms with Crippen LogP contribution < -0.4 is 10.6 Å². The Kier molecular flexibility index (Phi) is 4.76. The normalized spacial score (nSPS) is 16.4. The second kappa shape index (κ2) is 7.52. The predicted molar refractivity (Wildman–Crippen MR) is 111 cm³/mol. The molecule has 0 aliphatic carbocycles. The van der Waals surface area contributed by atoms with Gasteiger partial charge in [0.15, 0.2) is 0 Å². The molecule has 28 heavy (non-hydrogen) atoms. The molecule has 2 aromatic carbocycles. The summed E-state index contributed by atoms with van der Waals surface area (Å²) in [6.07, 6.45) is 3.57. The number of rotatable bonds is 4. The number of nitrogens with zero attached hydrogens (tertiary/aromatic N) is 3. The first-order valence-corrected chi connectivity index (χ1v) is 9.10. The van der Waals surface area contributed by atoms with Gasteiger partial charge in [0, 0.05) is 11.4 Å². The molecule has 3 aromatic rings. The third-order valence-corrected chi connectivity index (χ3v) is 4.70. The van der Waals surface area contributed by atoms with Gasteiger partial charge in [0.25, 0.3) is 5.91 Å². The minimum Gasteiger partial charge on any atom is -0.328 e. The number of hydrogen-bond donors (Lipinski definition) is 2. The first-order valence-electron chi connectivity index (χ1n) is 9.10. The van der Waals surface area contributed by atoms with Gasteiger partial charge >= 0.3 is 0 Å². The number of hydrogen-bond acceptors (Lipinski definition) is 4. The average Bonchev–Trinajstić information content (AvgIpc) is 3.16. The van der Waals surface area contributed by atoms with Crippen LogP contribution in [0.5, 0.6) is 0 Å². The van der Waals surface area contributed by atoms with Crippen LogP contribution in [0.4, 0.5) is 11.6 Å². The SMILES string of the molecule is CC(=Cc1ccccc1)C1C(C(=O)Nc2ccccc2)=C(C)Nc2ncnn21. The van der Waals surface area contributed by atoms with Crippen LogP contribution in [0.3, 0.4) is 0 Å². The third-order valence-electron chi connectivity index (χ3n) is 4.70. The summed E-state index contributed by atoms with van der Waals surface area (Å²) in [6.45, 7) is 3.90. The van der Waals surface area contributed by atoms with Gasteiger partial charge in [-0.2, -0.15) is 10.1 Å². The Morgan fingerprint density at radius 2 is 1.79 bits per heavy atom. The van der Waals surface area contributed by atoms with Crippen molar-refractivity contribution < 1.29 is 4.79 Å². The lowest BCUT2D eigenvalue weighted by molar-refractivity contribution is -0.113. The van der Waals surface area contributed by atoms with Crippen LogP contribution in [0.15, 0.2) is 83.8 Å². The van der Waals surface area contributed by atoms with E-state index in [9.17, 15) is 4.79 Å². The number of anilines is 2. The van der Waals surface area contributed by atoms with Crippen molar-refractivity contribution in [1.29, 1.82) is 0 Å². The van der Waals surface area contributed by atoms with Crippen molar-refractivity contribution in [2.24, 2.45) is 0 Å². The van der Waals surface area contributed by atoms with E-state index in [0.29, 0.717) is 11.5 Å². The molecule has 1 unspecified atom stereocenters. The lowest BCUT2D eigenvalue weighted by atomic mass is 9.94. The van der Waals surface area contributed by atoms with Crippen LogP contribution in [0.1, 0.15) is 25.5 Å². The standard InChI is InChI=1S/C22H21N5O/c1-15(13-17-9-5-3-6-10-17)20-19(16(2)25-22-23-14-24-27(20)22)21(28)26-18-11-7-4-8-12-18/h3-14,20H,1-2H3,(H,26,28)(H,23,24,25). The number of fused-ring (bicyclic) bond motifs is 1. The number of para-hydroxylation sites is 1. The molecular weight excluding hydrogens is 350 g/mol. The maximum absolute atomic E-state index is 13.2. The Morgan fingerprint density at radius 3 is 2.50 bits per heavy atom. The molecule has 2 N–H and O–H groups in total. The van der Waals surface area contributed by atoms with E-state index in [1.54, 1.807) is 4.68 Å². The highest BCUT2D eigenvalue weighted by Gasteiger charge is 2.33. The van der Waals surface area contributed by atoms with Gasteiger partial charge in [-0.15, -0.1) is 0 Å². The van der Waals surface area contributed by atoms with E-state index in [0.717, 1.165) is 22.5 Å². The topological polar surface area (TPSA) is 71.8 Å². The van der Waals surface area contributed by atoms with Crippen molar-refractivity contribution in [3.8, 4) is 0 Å². The summed E-state index contributed by atoms with van der Waals surface area (Å²) in [4.78, 5) is 17.5. The molecule has 140 valence electrons. The largest absolute Gasteiger partial charge is 0.328 e. The molecule has 6 heteroatoms. The lowest BCUT2D eigenvalue weighted by Crippen LogP contribution is -2.31. The highest BCUT2D eigenvalue weighted by atomic mass is 16.1. The fourth-order valence-corrected chi connectivity index (χ4v) is 3.42. The van der Waals surface area contributed by atoms with Crippen LogP contribution in [0.2, 0.25) is 0 Å². The summed E-state index contributed by atoms with van der Waals surface area (Å²) in [5.41, 5.74) is 4.20. The molecule has 6 nitrogen and oxygen atoms in total. The van der Waals surface area contributed by atoms with Gasteiger partial charge in [-0.3, -0.25) is 4.79 Å². The summed E-state index contributed by atoms with van der Waals surface area (Å²) in [7, 11) is 0. The van der Waals surface area contributed by atoms with Gasteiger partial charge in [-0.05, 0) is 37.1 Å². The van der Waals surface area contributed by atoms with Crippen LogP contribution in [-0.4, -0.2) is 20.7 Å². The van der Waals surface area contributed by atoms with Crippen molar-refractivity contribution in [3.63, 3.8) is 0 Å². The Hall–Kier alpha value is -3.67. The second-order valence-electron chi connectivity index (χ2n) is 6.71. The molecule has 0 bridgehead atoms. The first kappa shape index (κ1) is 17.7. The Morgan fingerprint density at radius 1 is 1.11 bits per heavy atom. The Balaban J connectivity index is 1.74. The molecule has 1 atom stereocenters. The number of nitrogens with one attached hydrogen (secondary N) is 2. The summed E-state index contributed by atoms with van der Waals surface area (Å²) in [5, 5.41) is 10.5. The maximum atomic E-state index is 13.2. The molecular formula is C22H21N5O. The van der Waals surface area contributed by atoms with E-state index < -0.39 is 0 Å². The zero-order valence-corrected chi connectivity index (χ0v) is 15.8. The zero-order valence-electron chi connectivity index (χ0n) is 15.8. The predicted octanol–water partition coefficient (Wildman–Crippen LogP) is 4.26. The molecule has 2 heterocycles. The minimum absolute atomic E-state index is 0.164. The summed E-state index contributed by atoms with van der Waals surface area (Å²) < 4.78 is 1.75. The van der Waals surface area contributed by atoms with E-state index >= 15 is 0 Å². The van der Waals surface area contributed by atoms with E-state index in [2.05, 4.69) is 26.8 Å². The summed E-state index contributed by atoms with van der Waals surface area (Å²) >= 11 is 0. The lowest BCUT2D eigenvalue weighted by Gasteiger charge is -2.29. The highest BCUT2D eigenvalue weighted by Crippen LogP contribution is 2.35.